The molecule has 2 heterocycles. The van der Waals surface area contributed by atoms with Crippen LogP contribution in [0.15, 0.2) is 53.9 Å². The van der Waals surface area contributed by atoms with Crippen molar-refractivity contribution < 1.29 is 9.53 Å². The van der Waals surface area contributed by atoms with Crippen LogP contribution >= 0.6 is 11.3 Å². The van der Waals surface area contributed by atoms with Crippen molar-refractivity contribution >= 4 is 28.0 Å². The number of nitrogens with zero attached hydrogens (tertiary/aromatic N) is 2. The number of thiophene rings is 1. The van der Waals surface area contributed by atoms with Crippen LogP contribution in [0.25, 0.3) is 10.8 Å². The molecule has 1 saturated heterocycles. The lowest BCUT2D eigenvalue weighted by Crippen LogP contribution is -2.50. The van der Waals surface area contributed by atoms with Crippen LogP contribution in [-0.2, 0) is 11.2 Å². The Morgan fingerprint density at radius 2 is 1.83 bits per heavy atom. The van der Waals surface area contributed by atoms with Gasteiger partial charge >= 0.3 is 0 Å². The fourth-order valence-electron chi connectivity index (χ4n) is 3.97. The smallest absolute Gasteiger partial charge is 0.229 e. The lowest BCUT2D eigenvalue weighted by Gasteiger charge is -2.36. The molecule has 1 aromatic heterocycles. The molecular weight excluding hydrogens is 380 g/mol. The first-order valence-electron chi connectivity index (χ1n) is 10.3. The number of hydrogen-bond acceptors (Lipinski definition) is 4. The number of carbonyl (C=O) groups is 1. The third-order valence-corrected chi connectivity index (χ3v) is 6.82. The lowest BCUT2D eigenvalue weighted by atomic mass is 9.96. The van der Waals surface area contributed by atoms with Crippen molar-refractivity contribution in [2.75, 3.05) is 39.8 Å². The molecule has 5 heteroatoms. The van der Waals surface area contributed by atoms with E-state index >= 15 is 0 Å². The van der Waals surface area contributed by atoms with Crippen LogP contribution < -0.4 is 4.74 Å². The number of rotatable bonds is 6. The van der Waals surface area contributed by atoms with Crippen molar-refractivity contribution in [3.63, 3.8) is 0 Å². The molecule has 1 aliphatic rings. The molecule has 1 aliphatic heterocycles. The van der Waals surface area contributed by atoms with E-state index in [1.165, 1.54) is 4.88 Å². The molecule has 0 saturated carbocycles. The van der Waals surface area contributed by atoms with Crippen LogP contribution in [0.5, 0.6) is 5.75 Å². The number of carbonyl (C=O) groups excluding carboxylic acids is 1. The van der Waals surface area contributed by atoms with E-state index in [9.17, 15) is 4.79 Å². The van der Waals surface area contributed by atoms with Gasteiger partial charge in [0.25, 0.3) is 0 Å². The summed E-state index contributed by atoms with van der Waals surface area (Å²) in [5, 5.41) is 4.41. The maximum atomic E-state index is 13.1. The zero-order valence-corrected chi connectivity index (χ0v) is 18.0. The van der Waals surface area contributed by atoms with Gasteiger partial charge in [-0.15, -0.1) is 11.3 Å². The third-order valence-electron chi connectivity index (χ3n) is 5.88. The normalized spacial score (nSPS) is 16.1. The van der Waals surface area contributed by atoms with Crippen LogP contribution in [0.4, 0.5) is 0 Å². The summed E-state index contributed by atoms with van der Waals surface area (Å²) in [5.41, 5.74) is 1.08. The number of piperazine rings is 1. The van der Waals surface area contributed by atoms with Crippen LogP contribution in [0.3, 0.4) is 0 Å². The Kier molecular flexibility index (Phi) is 6.16. The molecule has 3 aromatic rings. The van der Waals surface area contributed by atoms with E-state index in [1.54, 1.807) is 7.11 Å². The zero-order valence-electron chi connectivity index (χ0n) is 17.1. The van der Waals surface area contributed by atoms with E-state index in [-0.39, 0.29) is 11.8 Å². The highest BCUT2D eigenvalue weighted by Gasteiger charge is 2.25. The van der Waals surface area contributed by atoms with E-state index in [0.717, 1.165) is 61.2 Å². The van der Waals surface area contributed by atoms with Gasteiger partial charge in [-0.2, -0.15) is 0 Å². The number of fused-ring (bicyclic) bond motifs is 1. The molecule has 0 unspecified atom stereocenters. The van der Waals surface area contributed by atoms with E-state index in [2.05, 4.69) is 46.7 Å². The number of benzene rings is 2. The molecule has 29 heavy (non-hydrogen) atoms. The molecule has 4 rings (SSSR count). The maximum Gasteiger partial charge on any atom is 0.229 e. The molecule has 4 nitrogen and oxygen atoms in total. The Hall–Kier alpha value is -2.37. The summed E-state index contributed by atoms with van der Waals surface area (Å²) >= 11 is 1.82. The highest BCUT2D eigenvalue weighted by Crippen LogP contribution is 2.26. The Balaban J connectivity index is 1.35. The average Bonchev–Trinajstić information content (AvgIpc) is 3.30. The van der Waals surface area contributed by atoms with Gasteiger partial charge in [-0.3, -0.25) is 9.69 Å². The summed E-state index contributed by atoms with van der Waals surface area (Å²) in [6.07, 6.45) is 1.10. The molecule has 0 radical (unpaired) electrons. The standard InChI is InChI=1S/C24H28N2O2S/c1-18(19-5-6-21-17-22(28-2)8-7-20(21)16-19)24(27)26-13-11-25(12-14-26)10-9-23-4-3-15-29-23/h3-8,15-18H,9-14H2,1-2H3/t18-/m0/s1. The highest BCUT2D eigenvalue weighted by atomic mass is 32.1. The molecular formula is C24H28N2O2S. The van der Waals surface area contributed by atoms with Crippen molar-refractivity contribution in [1.29, 1.82) is 0 Å². The van der Waals surface area contributed by atoms with Gasteiger partial charge < -0.3 is 9.64 Å². The maximum absolute atomic E-state index is 13.1. The molecule has 0 aliphatic carbocycles. The first-order chi connectivity index (χ1) is 14.1. The lowest BCUT2D eigenvalue weighted by molar-refractivity contribution is -0.134. The number of ether oxygens (including phenoxy) is 1. The average molecular weight is 409 g/mol. The predicted octanol–water partition coefficient (Wildman–Crippen LogP) is 4.40. The second kappa shape index (κ2) is 8.97. The van der Waals surface area contributed by atoms with Gasteiger partial charge in [-0.05, 0) is 53.3 Å². The van der Waals surface area contributed by atoms with Crippen molar-refractivity contribution in [2.24, 2.45) is 0 Å². The summed E-state index contributed by atoms with van der Waals surface area (Å²) < 4.78 is 5.30. The molecule has 2 aromatic carbocycles. The minimum atomic E-state index is -0.126. The van der Waals surface area contributed by atoms with Crippen molar-refractivity contribution in [3.8, 4) is 5.75 Å². The number of amides is 1. The summed E-state index contributed by atoms with van der Waals surface area (Å²) in [4.78, 5) is 19.0. The number of methoxy groups -OCH3 is 1. The van der Waals surface area contributed by atoms with Crippen molar-refractivity contribution in [2.45, 2.75) is 19.3 Å². The van der Waals surface area contributed by atoms with Crippen LogP contribution in [-0.4, -0.2) is 55.5 Å². The van der Waals surface area contributed by atoms with Crippen LogP contribution in [0, 0.1) is 0 Å². The summed E-state index contributed by atoms with van der Waals surface area (Å²) in [7, 11) is 1.68. The Morgan fingerprint density at radius 3 is 2.55 bits per heavy atom. The molecule has 0 bridgehead atoms. The van der Waals surface area contributed by atoms with Gasteiger partial charge in [0, 0.05) is 37.6 Å². The van der Waals surface area contributed by atoms with Crippen LogP contribution in [0.2, 0.25) is 0 Å². The molecule has 0 N–H and O–H groups in total. The Bertz CT molecular complexity index is 962. The predicted molar refractivity (Wildman–Crippen MR) is 120 cm³/mol. The van der Waals surface area contributed by atoms with Gasteiger partial charge in [-0.1, -0.05) is 30.3 Å². The van der Waals surface area contributed by atoms with Gasteiger partial charge in [0.1, 0.15) is 5.75 Å². The van der Waals surface area contributed by atoms with Gasteiger partial charge in [0.15, 0.2) is 0 Å². The van der Waals surface area contributed by atoms with E-state index < -0.39 is 0 Å². The minimum absolute atomic E-state index is 0.126. The summed E-state index contributed by atoms with van der Waals surface area (Å²) in [6, 6.07) is 16.7. The van der Waals surface area contributed by atoms with E-state index in [1.807, 2.05) is 35.3 Å². The Morgan fingerprint density at radius 1 is 1.07 bits per heavy atom. The third kappa shape index (κ3) is 4.62. The van der Waals surface area contributed by atoms with Crippen LogP contribution in [0.1, 0.15) is 23.3 Å². The quantitative estimate of drug-likeness (QED) is 0.606. The first-order valence-corrected chi connectivity index (χ1v) is 11.1. The van der Waals surface area contributed by atoms with E-state index in [4.69, 9.17) is 4.74 Å². The molecule has 152 valence electrons. The SMILES string of the molecule is COc1ccc2cc([C@H](C)C(=O)N3CCN(CCc4cccs4)CC3)ccc2c1. The topological polar surface area (TPSA) is 32.8 Å². The second-order valence-electron chi connectivity index (χ2n) is 7.69. The van der Waals surface area contributed by atoms with Gasteiger partial charge in [-0.25, -0.2) is 0 Å². The monoisotopic (exact) mass is 408 g/mol. The summed E-state index contributed by atoms with van der Waals surface area (Å²) in [5.74, 6) is 0.960. The molecule has 1 amide bonds. The fourth-order valence-corrected chi connectivity index (χ4v) is 4.67. The second-order valence-corrected chi connectivity index (χ2v) is 8.72. The van der Waals surface area contributed by atoms with Crippen molar-refractivity contribution in [1.82, 2.24) is 9.80 Å². The van der Waals surface area contributed by atoms with E-state index in [0.29, 0.717) is 0 Å². The molecule has 1 fully saturated rings. The molecule has 1 atom stereocenters. The number of hydrogen-bond donors (Lipinski definition) is 0. The minimum Gasteiger partial charge on any atom is -0.497 e. The largest absolute Gasteiger partial charge is 0.497 e. The highest BCUT2D eigenvalue weighted by molar-refractivity contribution is 7.09. The zero-order chi connectivity index (χ0) is 20.2. The first kappa shape index (κ1) is 19.9. The molecule has 0 spiro atoms. The Labute approximate surface area is 176 Å². The van der Waals surface area contributed by atoms with Gasteiger partial charge in [0.2, 0.25) is 5.91 Å². The summed E-state index contributed by atoms with van der Waals surface area (Å²) in [6.45, 7) is 6.65. The fraction of sp³-hybridized carbons (Fsp3) is 0.375. The van der Waals surface area contributed by atoms with Crippen molar-refractivity contribution in [3.05, 3.63) is 64.4 Å². The van der Waals surface area contributed by atoms with Gasteiger partial charge in [0.05, 0.1) is 13.0 Å².